The lowest BCUT2D eigenvalue weighted by Crippen LogP contribution is -2.18. The summed E-state index contributed by atoms with van der Waals surface area (Å²) in [6.07, 6.45) is 0. The summed E-state index contributed by atoms with van der Waals surface area (Å²) in [4.78, 5) is 38.1. The fraction of sp³-hybridized carbons (Fsp3) is 0.350. The number of thioether (sulfide) groups is 1. The van der Waals surface area contributed by atoms with E-state index >= 15 is 0 Å². The highest BCUT2D eigenvalue weighted by Gasteiger charge is 2.26. The number of esters is 1. The number of hydrogen-bond acceptors (Lipinski definition) is 7. The minimum absolute atomic E-state index is 0.155. The number of thiophene rings is 1. The minimum Gasteiger partial charge on any atom is -0.494 e. The molecular formula is C20H24N2O5S2. The van der Waals surface area contributed by atoms with Crippen molar-refractivity contribution < 1.29 is 23.9 Å². The second-order valence-electron chi connectivity index (χ2n) is 5.80. The Bertz CT molecular complexity index is 878. The van der Waals surface area contributed by atoms with E-state index < -0.39 is 5.97 Å². The minimum atomic E-state index is -0.564. The molecular weight excluding hydrogens is 412 g/mol. The smallest absolute Gasteiger partial charge is 0.341 e. The van der Waals surface area contributed by atoms with E-state index in [1.165, 1.54) is 18.8 Å². The number of nitrogens with one attached hydrogen (secondary N) is 2. The predicted molar refractivity (Wildman–Crippen MR) is 115 cm³/mol. The third kappa shape index (κ3) is 5.98. The van der Waals surface area contributed by atoms with Gasteiger partial charge in [0.1, 0.15) is 10.8 Å². The Kier molecular flexibility index (Phi) is 8.53. The molecule has 2 rings (SSSR count). The van der Waals surface area contributed by atoms with Gasteiger partial charge in [-0.05, 0) is 50.6 Å². The van der Waals surface area contributed by atoms with Gasteiger partial charge in [-0.1, -0.05) is 0 Å². The van der Waals surface area contributed by atoms with Crippen molar-refractivity contribution >= 4 is 45.9 Å². The second-order valence-corrected chi connectivity index (χ2v) is 7.87. The van der Waals surface area contributed by atoms with Crippen LogP contribution in [0.1, 0.15) is 39.4 Å². The molecule has 0 fully saturated rings. The molecule has 1 aromatic carbocycles. The standard InChI is InChI=1S/C20H24N2O5S2/c1-5-26-13-7-9-14(10-8-13)28-11-15(23)22-19-16(20(25)27-6-2)12(3)17(29-19)18(24)21-4/h7-10H,5-6,11H2,1-4H3,(H,21,24)(H,22,23). The van der Waals surface area contributed by atoms with E-state index in [1.807, 2.05) is 31.2 Å². The third-order valence-corrected chi connectivity index (χ3v) is 6.04. The van der Waals surface area contributed by atoms with Crippen LogP contribution in [0, 0.1) is 6.92 Å². The van der Waals surface area contributed by atoms with Crippen LogP contribution in [0.5, 0.6) is 5.75 Å². The zero-order valence-corrected chi connectivity index (χ0v) is 18.4. The fourth-order valence-electron chi connectivity index (χ4n) is 2.49. The molecule has 9 heteroatoms. The second kappa shape index (κ2) is 10.9. The van der Waals surface area contributed by atoms with Crippen LogP contribution in [-0.4, -0.2) is 43.8 Å². The van der Waals surface area contributed by atoms with Crippen molar-refractivity contribution in [2.75, 3.05) is 31.3 Å². The molecule has 1 heterocycles. The molecule has 7 nitrogen and oxygen atoms in total. The Morgan fingerprint density at radius 2 is 1.79 bits per heavy atom. The van der Waals surface area contributed by atoms with Gasteiger partial charge in [-0.15, -0.1) is 23.1 Å². The van der Waals surface area contributed by atoms with Crippen LogP contribution >= 0.6 is 23.1 Å². The van der Waals surface area contributed by atoms with E-state index in [1.54, 1.807) is 13.8 Å². The van der Waals surface area contributed by atoms with E-state index in [9.17, 15) is 14.4 Å². The van der Waals surface area contributed by atoms with Gasteiger partial charge in [0, 0.05) is 11.9 Å². The Morgan fingerprint density at radius 1 is 1.10 bits per heavy atom. The summed E-state index contributed by atoms with van der Waals surface area (Å²) in [5, 5.41) is 5.60. The van der Waals surface area contributed by atoms with Crippen LogP contribution in [0.3, 0.4) is 0 Å². The normalized spacial score (nSPS) is 10.3. The van der Waals surface area contributed by atoms with Crippen molar-refractivity contribution in [3.8, 4) is 5.75 Å². The topological polar surface area (TPSA) is 93.7 Å². The highest BCUT2D eigenvalue weighted by molar-refractivity contribution is 8.00. The van der Waals surface area contributed by atoms with Gasteiger partial charge < -0.3 is 20.1 Å². The first-order valence-electron chi connectivity index (χ1n) is 9.09. The zero-order valence-electron chi connectivity index (χ0n) is 16.8. The summed E-state index contributed by atoms with van der Waals surface area (Å²) in [5.74, 6) is -0.230. The van der Waals surface area contributed by atoms with E-state index in [-0.39, 0.29) is 29.7 Å². The number of ether oxygens (including phenoxy) is 2. The molecule has 29 heavy (non-hydrogen) atoms. The number of amides is 2. The lowest BCUT2D eigenvalue weighted by atomic mass is 10.1. The molecule has 0 spiro atoms. The fourth-order valence-corrected chi connectivity index (χ4v) is 4.35. The van der Waals surface area contributed by atoms with Crippen LogP contribution in [0.4, 0.5) is 5.00 Å². The molecule has 0 radical (unpaired) electrons. The molecule has 0 saturated heterocycles. The van der Waals surface area contributed by atoms with Crippen LogP contribution in [-0.2, 0) is 9.53 Å². The number of carbonyl (C=O) groups is 3. The quantitative estimate of drug-likeness (QED) is 0.460. The van der Waals surface area contributed by atoms with E-state index in [0.29, 0.717) is 22.0 Å². The van der Waals surface area contributed by atoms with Crippen molar-refractivity contribution in [3.05, 3.63) is 40.3 Å². The van der Waals surface area contributed by atoms with E-state index in [0.717, 1.165) is 22.0 Å². The molecule has 0 bridgehead atoms. The molecule has 0 aliphatic rings. The largest absolute Gasteiger partial charge is 0.494 e. The van der Waals surface area contributed by atoms with Crippen LogP contribution < -0.4 is 15.4 Å². The summed E-state index contributed by atoms with van der Waals surface area (Å²) >= 11 is 2.42. The first kappa shape index (κ1) is 22.8. The summed E-state index contributed by atoms with van der Waals surface area (Å²) < 4.78 is 10.5. The number of anilines is 1. The molecule has 1 aromatic heterocycles. The Balaban J connectivity index is 2.11. The molecule has 0 saturated carbocycles. The van der Waals surface area contributed by atoms with Gasteiger partial charge in [0.05, 0.1) is 29.4 Å². The Morgan fingerprint density at radius 3 is 2.38 bits per heavy atom. The van der Waals surface area contributed by atoms with E-state index in [2.05, 4.69) is 10.6 Å². The maximum atomic E-state index is 12.4. The van der Waals surface area contributed by atoms with Crippen LogP contribution in [0.2, 0.25) is 0 Å². The molecule has 2 amide bonds. The maximum Gasteiger partial charge on any atom is 0.341 e. The molecule has 0 aliphatic carbocycles. The highest BCUT2D eigenvalue weighted by atomic mass is 32.2. The van der Waals surface area contributed by atoms with Gasteiger partial charge in [0.15, 0.2) is 0 Å². The average molecular weight is 437 g/mol. The molecule has 156 valence electrons. The van der Waals surface area contributed by atoms with Crippen molar-refractivity contribution in [1.29, 1.82) is 0 Å². The lowest BCUT2D eigenvalue weighted by molar-refractivity contribution is -0.113. The van der Waals surface area contributed by atoms with E-state index in [4.69, 9.17) is 9.47 Å². The summed E-state index contributed by atoms with van der Waals surface area (Å²) in [7, 11) is 1.51. The summed E-state index contributed by atoms with van der Waals surface area (Å²) in [6, 6.07) is 7.46. The molecule has 0 atom stereocenters. The van der Waals surface area contributed by atoms with Gasteiger partial charge in [0.2, 0.25) is 5.91 Å². The SMILES string of the molecule is CCOC(=O)c1c(NC(=O)CSc2ccc(OCC)cc2)sc(C(=O)NC)c1C. The van der Waals surface area contributed by atoms with Gasteiger partial charge in [-0.2, -0.15) is 0 Å². The summed E-state index contributed by atoms with van der Waals surface area (Å²) in [5.41, 5.74) is 0.706. The van der Waals surface area contributed by atoms with Crippen LogP contribution in [0.15, 0.2) is 29.2 Å². The number of rotatable bonds is 9. The third-order valence-electron chi connectivity index (χ3n) is 3.82. The first-order chi connectivity index (χ1) is 13.9. The van der Waals surface area contributed by atoms with Crippen molar-refractivity contribution in [2.45, 2.75) is 25.7 Å². The number of hydrogen-bond donors (Lipinski definition) is 2. The predicted octanol–water partition coefficient (Wildman–Crippen LogP) is 3.72. The van der Waals surface area contributed by atoms with Gasteiger partial charge in [0.25, 0.3) is 5.91 Å². The first-order valence-corrected chi connectivity index (χ1v) is 10.9. The number of carbonyl (C=O) groups excluding carboxylic acids is 3. The van der Waals surface area contributed by atoms with Crippen molar-refractivity contribution in [3.63, 3.8) is 0 Å². The Hall–Kier alpha value is -2.52. The zero-order chi connectivity index (χ0) is 21.4. The van der Waals surface area contributed by atoms with Gasteiger partial charge in [-0.3, -0.25) is 9.59 Å². The molecule has 2 N–H and O–H groups in total. The molecule has 2 aromatic rings. The highest BCUT2D eigenvalue weighted by Crippen LogP contribution is 2.34. The summed E-state index contributed by atoms with van der Waals surface area (Å²) in [6.45, 7) is 6.07. The van der Waals surface area contributed by atoms with Crippen LogP contribution in [0.25, 0.3) is 0 Å². The number of benzene rings is 1. The monoisotopic (exact) mass is 436 g/mol. The maximum absolute atomic E-state index is 12.4. The molecule has 0 unspecified atom stereocenters. The Labute approximate surface area is 178 Å². The van der Waals surface area contributed by atoms with Gasteiger partial charge >= 0.3 is 5.97 Å². The van der Waals surface area contributed by atoms with Crippen molar-refractivity contribution in [2.24, 2.45) is 0 Å². The lowest BCUT2D eigenvalue weighted by Gasteiger charge is -2.07. The molecule has 0 aliphatic heterocycles. The van der Waals surface area contributed by atoms with Crippen molar-refractivity contribution in [1.82, 2.24) is 5.32 Å². The average Bonchev–Trinajstić information content (AvgIpc) is 3.03. The van der Waals surface area contributed by atoms with Gasteiger partial charge in [-0.25, -0.2) is 4.79 Å².